The van der Waals surface area contributed by atoms with E-state index in [4.69, 9.17) is 9.47 Å². The maximum absolute atomic E-state index is 10.1. The quantitative estimate of drug-likeness (QED) is 0.553. The third kappa shape index (κ3) is 2.94. The van der Waals surface area contributed by atoms with Crippen LogP contribution < -0.4 is 9.47 Å². The molecular formula is C9H10N2O4. The number of rotatable bonds is 4. The van der Waals surface area contributed by atoms with Crippen LogP contribution in [0.15, 0.2) is 18.5 Å². The molecule has 0 aliphatic heterocycles. The molecule has 6 heteroatoms. The van der Waals surface area contributed by atoms with Crippen molar-refractivity contribution in [2.45, 2.75) is 0 Å². The van der Waals surface area contributed by atoms with Crippen molar-refractivity contribution in [2.75, 3.05) is 14.2 Å². The van der Waals surface area contributed by atoms with Gasteiger partial charge in [-0.1, -0.05) is 0 Å². The molecule has 1 heterocycles. The molecule has 0 unspecified atom stereocenters. The summed E-state index contributed by atoms with van der Waals surface area (Å²) in [4.78, 5) is 13.5. The zero-order valence-electron chi connectivity index (χ0n) is 8.34. The first-order valence-corrected chi connectivity index (χ1v) is 4.07. The monoisotopic (exact) mass is 210 g/mol. The van der Waals surface area contributed by atoms with Crippen molar-refractivity contribution in [3.63, 3.8) is 0 Å². The molecule has 0 aliphatic rings. The molecule has 0 bridgehead atoms. The highest BCUT2D eigenvalue weighted by Gasteiger charge is 2.04. The number of nitro groups is 1. The van der Waals surface area contributed by atoms with Gasteiger partial charge in [-0.2, -0.15) is 0 Å². The minimum absolute atomic E-state index is 0.343. The predicted octanol–water partition coefficient (Wildman–Crippen LogP) is 1.35. The summed E-state index contributed by atoms with van der Waals surface area (Å²) in [6.07, 6.45) is 3.62. The van der Waals surface area contributed by atoms with Crippen LogP contribution in [0.25, 0.3) is 6.08 Å². The van der Waals surface area contributed by atoms with Crippen molar-refractivity contribution in [2.24, 2.45) is 0 Å². The van der Waals surface area contributed by atoms with Crippen molar-refractivity contribution in [1.82, 2.24) is 4.98 Å². The van der Waals surface area contributed by atoms with E-state index >= 15 is 0 Å². The zero-order valence-corrected chi connectivity index (χ0v) is 8.34. The molecule has 6 nitrogen and oxygen atoms in total. The standard InChI is InChI=1S/C9H10N2O4/c1-14-8-5-7(3-4-11(12)13)6-10-9(8)15-2/h3-6H,1-2H3/b4-3+. The minimum Gasteiger partial charge on any atom is -0.491 e. The lowest BCUT2D eigenvalue weighted by molar-refractivity contribution is -0.400. The van der Waals surface area contributed by atoms with E-state index < -0.39 is 4.92 Å². The Morgan fingerprint density at radius 3 is 2.73 bits per heavy atom. The van der Waals surface area contributed by atoms with Crippen LogP contribution in [0.1, 0.15) is 5.56 Å². The van der Waals surface area contributed by atoms with Gasteiger partial charge in [-0.05, 0) is 6.07 Å². The summed E-state index contributed by atoms with van der Waals surface area (Å²) in [5, 5.41) is 10.1. The van der Waals surface area contributed by atoms with Gasteiger partial charge in [0.05, 0.1) is 19.1 Å². The third-order valence-electron chi connectivity index (χ3n) is 1.64. The van der Waals surface area contributed by atoms with Gasteiger partial charge in [-0.3, -0.25) is 10.1 Å². The molecule has 0 N–H and O–H groups in total. The van der Waals surface area contributed by atoms with Crippen molar-refractivity contribution in [1.29, 1.82) is 0 Å². The average Bonchev–Trinajstić information content (AvgIpc) is 2.25. The normalized spacial score (nSPS) is 10.3. The Bertz CT molecular complexity index is 390. The van der Waals surface area contributed by atoms with Crippen LogP contribution >= 0.6 is 0 Å². The molecular weight excluding hydrogens is 200 g/mol. The molecule has 0 amide bonds. The first kappa shape index (κ1) is 11.0. The summed E-state index contributed by atoms with van der Waals surface area (Å²) in [7, 11) is 2.94. The maximum Gasteiger partial charge on any atom is 0.256 e. The van der Waals surface area contributed by atoms with Crippen LogP contribution in [-0.2, 0) is 0 Å². The highest BCUT2D eigenvalue weighted by atomic mass is 16.6. The van der Waals surface area contributed by atoms with Gasteiger partial charge in [0, 0.05) is 17.8 Å². The Morgan fingerprint density at radius 1 is 1.47 bits per heavy atom. The van der Waals surface area contributed by atoms with Crippen LogP contribution in [0.3, 0.4) is 0 Å². The third-order valence-corrected chi connectivity index (χ3v) is 1.64. The van der Waals surface area contributed by atoms with Gasteiger partial charge in [0.25, 0.3) is 5.88 Å². The fraction of sp³-hybridized carbons (Fsp3) is 0.222. The lowest BCUT2D eigenvalue weighted by Crippen LogP contribution is -1.94. The molecule has 0 spiro atoms. The number of hydrogen-bond acceptors (Lipinski definition) is 5. The van der Waals surface area contributed by atoms with Gasteiger partial charge in [0.2, 0.25) is 6.20 Å². The SMILES string of the molecule is COc1cc(/C=C/[N+](=O)[O-])cnc1OC. The van der Waals surface area contributed by atoms with Crippen LogP contribution in [-0.4, -0.2) is 24.1 Å². The zero-order chi connectivity index (χ0) is 11.3. The molecule has 15 heavy (non-hydrogen) atoms. The fourth-order valence-electron chi connectivity index (χ4n) is 0.985. The van der Waals surface area contributed by atoms with Crippen molar-refractivity contribution in [3.05, 3.63) is 34.1 Å². The molecule has 0 saturated heterocycles. The van der Waals surface area contributed by atoms with Crippen LogP contribution in [0.5, 0.6) is 11.6 Å². The van der Waals surface area contributed by atoms with E-state index in [1.807, 2.05) is 0 Å². The molecule has 0 aromatic carbocycles. The number of methoxy groups -OCH3 is 2. The molecule has 0 aliphatic carbocycles. The Kier molecular flexibility index (Phi) is 3.61. The van der Waals surface area contributed by atoms with E-state index in [-0.39, 0.29) is 0 Å². The number of pyridine rings is 1. The average molecular weight is 210 g/mol. The summed E-state index contributed by atoms with van der Waals surface area (Å²) in [5.74, 6) is 0.777. The van der Waals surface area contributed by atoms with Crippen LogP contribution in [0, 0.1) is 10.1 Å². The van der Waals surface area contributed by atoms with E-state index in [1.165, 1.54) is 26.5 Å². The number of aromatic nitrogens is 1. The van der Waals surface area contributed by atoms with Gasteiger partial charge < -0.3 is 9.47 Å². The Balaban J connectivity index is 2.97. The minimum atomic E-state index is -0.545. The van der Waals surface area contributed by atoms with Gasteiger partial charge in [0.1, 0.15) is 0 Å². The first-order valence-electron chi connectivity index (χ1n) is 4.07. The molecule has 0 radical (unpaired) electrons. The predicted molar refractivity (Wildman–Crippen MR) is 53.4 cm³/mol. The van der Waals surface area contributed by atoms with E-state index in [2.05, 4.69) is 4.98 Å². The Labute approximate surface area is 86.3 Å². The molecule has 0 atom stereocenters. The Morgan fingerprint density at radius 2 is 2.20 bits per heavy atom. The highest BCUT2D eigenvalue weighted by molar-refractivity contribution is 5.51. The summed E-state index contributed by atoms with van der Waals surface area (Å²) in [6.45, 7) is 0. The summed E-state index contributed by atoms with van der Waals surface area (Å²) >= 11 is 0. The number of nitrogens with zero attached hydrogens (tertiary/aromatic N) is 2. The number of hydrogen-bond donors (Lipinski definition) is 0. The second kappa shape index (κ2) is 4.94. The van der Waals surface area contributed by atoms with Gasteiger partial charge in [0.15, 0.2) is 5.75 Å². The Hall–Kier alpha value is -2.11. The molecule has 1 aromatic rings. The smallest absolute Gasteiger partial charge is 0.256 e. The molecule has 1 rings (SSSR count). The highest BCUT2D eigenvalue weighted by Crippen LogP contribution is 2.24. The maximum atomic E-state index is 10.1. The topological polar surface area (TPSA) is 74.5 Å². The second-order valence-electron chi connectivity index (χ2n) is 2.58. The van der Waals surface area contributed by atoms with Gasteiger partial charge >= 0.3 is 0 Å². The number of ether oxygens (including phenoxy) is 2. The van der Waals surface area contributed by atoms with E-state index in [9.17, 15) is 10.1 Å². The lowest BCUT2D eigenvalue weighted by Gasteiger charge is -2.05. The summed E-state index contributed by atoms with van der Waals surface area (Å²) in [5.41, 5.74) is 0.573. The van der Waals surface area contributed by atoms with Crippen molar-refractivity contribution in [3.8, 4) is 11.6 Å². The summed E-state index contributed by atoms with van der Waals surface area (Å²) < 4.78 is 9.92. The van der Waals surface area contributed by atoms with Gasteiger partial charge in [-0.15, -0.1) is 0 Å². The summed E-state index contributed by atoms with van der Waals surface area (Å²) in [6, 6.07) is 1.60. The molecule has 0 saturated carbocycles. The molecule has 0 fully saturated rings. The fourth-order valence-corrected chi connectivity index (χ4v) is 0.985. The molecule has 1 aromatic heterocycles. The first-order chi connectivity index (χ1) is 7.17. The van der Waals surface area contributed by atoms with E-state index in [0.29, 0.717) is 17.2 Å². The van der Waals surface area contributed by atoms with E-state index in [1.54, 1.807) is 6.07 Å². The van der Waals surface area contributed by atoms with E-state index in [0.717, 1.165) is 6.20 Å². The van der Waals surface area contributed by atoms with Crippen molar-refractivity contribution < 1.29 is 14.4 Å². The van der Waals surface area contributed by atoms with Crippen LogP contribution in [0.4, 0.5) is 0 Å². The lowest BCUT2D eigenvalue weighted by atomic mass is 10.2. The van der Waals surface area contributed by atoms with Crippen LogP contribution in [0.2, 0.25) is 0 Å². The second-order valence-corrected chi connectivity index (χ2v) is 2.58. The van der Waals surface area contributed by atoms with Crippen molar-refractivity contribution >= 4 is 6.08 Å². The van der Waals surface area contributed by atoms with Gasteiger partial charge in [-0.25, -0.2) is 4.98 Å². The molecule has 80 valence electrons. The largest absolute Gasteiger partial charge is 0.491 e.